The second-order valence-corrected chi connectivity index (χ2v) is 11.2. The number of para-hydroxylation sites is 1. The first-order valence-corrected chi connectivity index (χ1v) is 12.4. The maximum absolute atomic E-state index is 14.6. The van der Waals surface area contributed by atoms with E-state index in [9.17, 15) is 22.4 Å². The molecule has 0 unspecified atom stereocenters. The van der Waals surface area contributed by atoms with Gasteiger partial charge >= 0.3 is 11.9 Å². The smallest absolute Gasteiger partial charge is 0.398 e. The predicted octanol–water partition coefficient (Wildman–Crippen LogP) is 2.09. The molecule has 0 bridgehead atoms. The van der Waals surface area contributed by atoms with E-state index < -0.39 is 43.8 Å². The van der Waals surface area contributed by atoms with Gasteiger partial charge in [0.05, 0.1) is 11.2 Å². The zero-order chi connectivity index (χ0) is 25.7. The van der Waals surface area contributed by atoms with E-state index in [-0.39, 0.29) is 6.73 Å². The standard InChI is InChI=1S/C22H34FN5O5S/c1-22(2,3)25-21(26(4)5)27(6)15-33-20(30)19(29)24-18-16(23)11-10-12-17(18)34(31,32)28-13-8-7-9-14-28/h10-12H,7-9,13-15H2,1-6H3,(H,24,29)/b25-21+. The molecule has 1 aromatic carbocycles. The Hall–Kier alpha value is -2.73. The number of hydrogen-bond donors (Lipinski definition) is 1. The van der Waals surface area contributed by atoms with Crippen molar-refractivity contribution < 1.29 is 27.1 Å². The molecule has 0 atom stereocenters. The molecule has 1 heterocycles. The number of piperidine rings is 1. The third-order valence-corrected chi connectivity index (χ3v) is 6.84. The molecule has 12 heteroatoms. The molecule has 0 aliphatic carbocycles. The molecule has 1 aromatic rings. The average molecular weight is 500 g/mol. The third kappa shape index (κ3) is 7.13. The Balaban J connectivity index is 2.15. The molecule has 1 N–H and O–H groups in total. The average Bonchev–Trinajstić information content (AvgIpc) is 2.76. The van der Waals surface area contributed by atoms with Crippen LogP contribution in [0.25, 0.3) is 0 Å². The van der Waals surface area contributed by atoms with Gasteiger partial charge in [0.25, 0.3) is 0 Å². The van der Waals surface area contributed by atoms with Gasteiger partial charge in [0.15, 0.2) is 12.7 Å². The Morgan fingerprint density at radius 3 is 2.32 bits per heavy atom. The summed E-state index contributed by atoms with van der Waals surface area (Å²) in [7, 11) is 1.13. The lowest BCUT2D eigenvalue weighted by atomic mass is 10.1. The van der Waals surface area contributed by atoms with Crippen LogP contribution in [-0.4, -0.2) is 86.9 Å². The number of ether oxygens (including phenoxy) is 1. The number of esters is 1. The van der Waals surface area contributed by atoms with Crippen LogP contribution in [0.2, 0.25) is 0 Å². The summed E-state index contributed by atoms with van der Waals surface area (Å²) >= 11 is 0. The van der Waals surface area contributed by atoms with Gasteiger partial charge in [0.2, 0.25) is 10.0 Å². The number of aliphatic imine (C=N–C) groups is 1. The highest BCUT2D eigenvalue weighted by molar-refractivity contribution is 7.89. The van der Waals surface area contributed by atoms with Crippen LogP contribution >= 0.6 is 0 Å². The number of carbonyl (C=O) groups excluding carboxylic acids is 2. The van der Waals surface area contributed by atoms with Crippen molar-refractivity contribution >= 4 is 33.5 Å². The largest absolute Gasteiger partial charge is 0.437 e. The van der Waals surface area contributed by atoms with Crippen LogP contribution in [0.4, 0.5) is 10.1 Å². The van der Waals surface area contributed by atoms with Gasteiger partial charge in [-0.3, -0.25) is 4.79 Å². The number of halogens is 1. The molecule has 1 aliphatic heterocycles. The SMILES string of the molecule is CN(C)/C(=N\C(C)(C)C)N(C)COC(=O)C(=O)Nc1c(F)cccc1S(=O)(=O)N1CCCCC1. The van der Waals surface area contributed by atoms with Gasteiger partial charge in [-0.05, 0) is 45.7 Å². The number of hydrogen-bond acceptors (Lipinski definition) is 6. The Kier molecular flexibility index (Phi) is 9.01. The number of amides is 1. The summed E-state index contributed by atoms with van der Waals surface area (Å²) in [6.07, 6.45) is 2.31. The van der Waals surface area contributed by atoms with Crippen molar-refractivity contribution in [3.8, 4) is 0 Å². The van der Waals surface area contributed by atoms with E-state index in [2.05, 4.69) is 10.3 Å². The number of carbonyl (C=O) groups is 2. The Morgan fingerprint density at radius 2 is 1.76 bits per heavy atom. The first-order valence-electron chi connectivity index (χ1n) is 11.0. The maximum Gasteiger partial charge on any atom is 0.398 e. The molecule has 0 saturated carbocycles. The molecule has 2 rings (SSSR count). The second kappa shape index (κ2) is 11.1. The summed E-state index contributed by atoms with van der Waals surface area (Å²) in [5.41, 5.74) is -0.970. The van der Waals surface area contributed by atoms with Crippen LogP contribution < -0.4 is 5.32 Å². The molecular formula is C22H34FN5O5S. The van der Waals surface area contributed by atoms with Gasteiger partial charge in [-0.25, -0.2) is 22.6 Å². The summed E-state index contributed by atoms with van der Waals surface area (Å²) in [6.45, 7) is 6.06. The summed E-state index contributed by atoms with van der Waals surface area (Å²) in [5, 5.41) is 2.08. The van der Waals surface area contributed by atoms with E-state index in [1.807, 2.05) is 20.8 Å². The lowest BCUT2D eigenvalue weighted by Crippen LogP contribution is -2.42. The number of rotatable bonds is 5. The summed E-state index contributed by atoms with van der Waals surface area (Å²) in [5.74, 6) is -3.02. The fraction of sp³-hybridized carbons (Fsp3) is 0.591. The lowest BCUT2D eigenvalue weighted by Gasteiger charge is -2.28. The van der Waals surface area contributed by atoms with Gasteiger partial charge in [0, 0.05) is 34.2 Å². The molecule has 1 saturated heterocycles. The molecule has 1 fully saturated rings. The monoisotopic (exact) mass is 499 g/mol. The number of nitrogens with one attached hydrogen (secondary N) is 1. The third-order valence-electron chi connectivity index (χ3n) is 4.90. The van der Waals surface area contributed by atoms with Crippen LogP contribution in [0.3, 0.4) is 0 Å². The quantitative estimate of drug-likeness (QED) is 0.217. The van der Waals surface area contributed by atoms with Crippen LogP contribution in [0.1, 0.15) is 40.0 Å². The van der Waals surface area contributed by atoms with Crippen LogP contribution in [0, 0.1) is 5.82 Å². The topological polar surface area (TPSA) is 112 Å². The van der Waals surface area contributed by atoms with Crippen molar-refractivity contribution in [1.29, 1.82) is 0 Å². The summed E-state index contributed by atoms with van der Waals surface area (Å²) < 4.78 is 47.0. The zero-order valence-corrected chi connectivity index (χ0v) is 21.4. The number of sulfonamides is 1. The minimum Gasteiger partial charge on any atom is -0.437 e. The fourth-order valence-electron chi connectivity index (χ4n) is 3.36. The van der Waals surface area contributed by atoms with Crippen molar-refractivity contribution in [3.63, 3.8) is 0 Å². The van der Waals surface area contributed by atoms with E-state index in [0.29, 0.717) is 31.9 Å². The van der Waals surface area contributed by atoms with E-state index >= 15 is 0 Å². The van der Waals surface area contributed by atoms with Crippen LogP contribution in [-0.2, 0) is 24.3 Å². The van der Waals surface area contributed by atoms with E-state index in [0.717, 1.165) is 12.5 Å². The first kappa shape index (κ1) is 27.5. The second-order valence-electron chi connectivity index (χ2n) is 9.27. The minimum atomic E-state index is -4.05. The van der Waals surface area contributed by atoms with Crippen LogP contribution in [0.5, 0.6) is 0 Å². The lowest BCUT2D eigenvalue weighted by molar-refractivity contribution is -0.154. The van der Waals surface area contributed by atoms with E-state index in [1.165, 1.54) is 21.3 Å². The van der Waals surface area contributed by atoms with Crippen molar-refractivity contribution in [2.45, 2.75) is 50.5 Å². The molecule has 34 heavy (non-hydrogen) atoms. The molecule has 1 aliphatic rings. The molecule has 0 radical (unpaired) electrons. The van der Waals surface area contributed by atoms with Gasteiger partial charge in [0.1, 0.15) is 10.7 Å². The molecular weight excluding hydrogens is 465 g/mol. The van der Waals surface area contributed by atoms with E-state index in [1.54, 1.807) is 26.0 Å². The normalized spacial score (nSPS) is 15.6. The number of anilines is 1. The van der Waals surface area contributed by atoms with E-state index in [4.69, 9.17) is 4.74 Å². The summed E-state index contributed by atoms with van der Waals surface area (Å²) in [6, 6.07) is 3.46. The summed E-state index contributed by atoms with van der Waals surface area (Å²) in [4.78, 5) is 32.2. The van der Waals surface area contributed by atoms with Gasteiger partial charge in [-0.2, -0.15) is 4.31 Å². The van der Waals surface area contributed by atoms with Gasteiger partial charge < -0.3 is 19.9 Å². The first-order chi connectivity index (χ1) is 15.7. The number of benzene rings is 1. The molecule has 1 amide bonds. The van der Waals surface area contributed by atoms with Gasteiger partial charge in [-0.15, -0.1) is 0 Å². The fourth-order valence-corrected chi connectivity index (χ4v) is 5.03. The number of guanidine groups is 1. The Labute approximate surface area is 200 Å². The predicted molar refractivity (Wildman–Crippen MR) is 127 cm³/mol. The highest BCUT2D eigenvalue weighted by Gasteiger charge is 2.31. The van der Waals surface area contributed by atoms with Crippen LogP contribution in [0.15, 0.2) is 28.1 Å². The number of nitrogens with zero attached hydrogens (tertiary/aromatic N) is 4. The Morgan fingerprint density at radius 1 is 1.15 bits per heavy atom. The highest BCUT2D eigenvalue weighted by Crippen LogP contribution is 2.29. The van der Waals surface area contributed by atoms with Gasteiger partial charge in [-0.1, -0.05) is 12.5 Å². The molecule has 0 spiro atoms. The minimum absolute atomic E-state index is 0.296. The Bertz CT molecular complexity index is 1030. The highest BCUT2D eigenvalue weighted by atomic mass is 32.2. The van der Waals surface area contributed by atoms with Crippen molar-refractivity contribution in [1.82, 2.24) is 14.1 Å². The molecule has 0 aromatic heterocycles. The van der Waals surface area contributed by atoms with Crippen molar-refractivity contribution in [2.75, 3.05) is 46.3 Å². The van der Waals surface area contributed by atoms with Crippen molar-refractivity contribution in [3.05, 3.63) is 24.0 Å². The molecule has 190 valence electrons. The van der Waals surface area contributed by atoms with Crippen molar-refractivity contribution in [2.24, 2.45) is 4.99 Å². The maximum atomic E-state index is 14.6. The zero-order valence-electron chi connectivity index (χ0n) is 20.6. The molecule has 10 nitrogen and oxygen atoms in total.